The van der Waals surface area contributed by atoms with Gasteiger partial charge in [-0.05, 0) is 6.42 Å². The van der Waals surface area contributed by atoms with Gasteiger partial charge in [0.1, 0.15) is 6.04 Å². The predicted octanol–water partition coefficient (Wildman–Crippen LogP) is -12.1. The topological polar surface area (TPSA) is 175 Å². The largest absolute Gasteiger partial charge is 1.00 e. The van der Waals surface area contributed by atoms with Crippen molar-refractivity contribution in [3.05, 3.63) is 0 Å². The van der Waals surface area contributed by atoms with E-state index in [0.717, 1.165) is 13.8 Å². The molecule has 114 valence electrons. The minimum atomic E-state index is -1.17. The number of hydrogen-bond donors (Lipinski definition) is 5. The van der Waals surface area contributed by atoms with Crippen LogP contribution >= 0.6 is 0 Å². The molecule has 13 heteroatoms. The Morgan fingerprint density at radius 2 is 1.09 bits per heavy atom. The summed E-state index contributed by atoms with van der Waals surface area (Å²) in [6, 6.07) is -1.06. The number of rotatable bonds is 4. The van der Waals surface area contributed by atoms with Crippen molar-refractivity contribution in [3.63, 3.8) is 0 Å². The predicted molar refractivity (Wildman–Crippen MR) is 63.5 cm³/mol. The van der Waals surface area contributed by atoms with Crippen LogP contribution in [-0.2, 0) is 19.2 Å². The first-order valence-corrected chi connectivity index (χ1v) is 4.59. The van der Waals surface area contributed by atoms with E-state index < -0.39 is 29.9 Å². The first kappa shape index (κ1) is 43.9. The molecule has 0 bridgehead atoms. The zero-order valence-corrected chi connectivity index (χ0v) is 22.0. The molecule has 1 atom stereocenters. The fraction of sp³-hybridized carbons (Fsp3) is 0.556. The van der Waals surface area contributed by atoms with E-state index in [1.54, 1.807) is 0 Å². The summed E-state index contributed by atoms with van der Waals surface area (Å²) in [5.41, 5.74) is 5.00. The molecule has 0 aliphatic heterocycles. The molecule has 0 amide bonds. The Balaban J connectivity index is -0.0000000139. The van der Waals surface area contributed by atoms with Crippen LogP contribution in [0, 0.1) is 0 Å². The summed E-state index contributed by atoms with van der Waals surface area (Å²) in [6.07, 6.45) is -0.224. The van der Waals surface area contributed by atoms with Crippen LogP contribution in [0.5, 0.6) is 0 Å². The van der Waals surface area contributed by atoms with Crippen LogP contribution in [0.1, 0.15) is 32.4 Å². The van der Waals surface area contributed by atoms with Crippen LogP contribution in [0.4, 0.5) is 0 Å². The first-order valence-electron chi connectivity index (χ1n) is 4.59. The van der Waals surface area contributed by atoms with Crippen molar-refractivity contribution in [3.8, 4) is 0 Å². The van der Waals surface area contributed by atoms with Crippen molar-refractivity contribution in [1.82, 2.24) is 0 Å². The number of nitrogens with two attached hydrogens (primary N) is 1. The third kappa shape index (κ3) is 80.7. The van der Waals surface area contributed by atoms with Gasteiger partial charge in [-0.15, -0.1) is 0 Å². The van der Waals surface area contributed by atoms with Gasteiger partial charge in [-0.3, -0.25) is 19.2 Å². The van der Waals surface area contributed by atoms with E-state index in [4.69, 9.17) is 35.7 Å². The molecule has 0 rings (SSSR count). The van der Waals surface area contributed by atoms with E-state index in [0.29, 0.717) is 0 Å². The number of carboxylic acid groups (broad SMARTS) is 4. The third-order valence-electron chi connectivity index (χ3n) is 0.986. The molecule has 0 aromatic heterocycles. The van der Waals surface area contributed by atoms with Crippen LogP contribution in [0.25, 0.3) is 0 Å². The number of aliphatic carboxylic acids is 4. The van der Waals surface area contributed by atoms with Gasteiger partial charge in [0.25, 0.3) is 11.9 Å². The monoisotopic (exact) mass is 363 g/mol. The zero-order valence-electron chi connectivity index (χ0n) is 18.0. The molecule has 0 aromatic carbocycles. The second-order valence-corrected chi connectivity index (χ2v) is 2.92. The molecule has 9 nitrogen and oxygen atoms in total. The third-order valence-corrected chi connectivity index (χ3v) is 0.986. The summed E-state index contributed by atoms with van der Waals surface area (Å²) >= 11 is 0. The molecule has 0 fully saturated rings. The summed E-state index contributed by atoms with van der Waals surface area (Å²) in [5, 5.41) is 31.1. The molecule has 0 aliphatic carbocycles. The van der Waals surface area contributed by atoms with Gasteiger partial charge in [-0.25, -0.2) is 0 Å². The van der Waals surface area contributed by atoms with Crippen molar-refractivity contribution in [2.45, 2.75) is 32.7 Å². The van der Waals surface area contributed by atoms with Crippen LogP contribution in [0.15, 0.2) is 0 Å². The normalized spacial score (nSPS) is 7.95. The maximum Gasteiger partial charge on any atom is 1.00 e. The number of carboxylic acids is 4. The second-order valence-electron chi connectivity index (χ2n) is 2.92. The molecule has 0 spiro atoms. The second kappa shape index (κ2) is 30.7. The van der Waals surface area contributed by atoms with E-state index in [2.05, 4.69) is 0 Å². The molecule has 0 aromatic rings. The van der Waals surface area contributed by atoms with E-state index in [1.807, 2.05) is 0 Å². The fourth-order valence-electron chi connectivity index (χ4n) is 0.402. The molecule has 0 radical (unpaired) electrons. The molecular formula is C9H21NNa4O8. The Morgan fingerprint density at radius 1 is 0.864 bits per heavy atom. The Labute approximate surface area is 222 Å². The smallest absolute Gasteiger partial charge is 1.00 e. The van der Waals surface area contributed by atoms with E-state index in [1.165, 1.54) is 0 Å². The van der Waals surface area contributed by atoms with Gasteiger partial charge >= 0.3 is 130 Å². The summed E-state index contributed by atoms with van der Waals surface area (Å²) < 4.78 is 0. The molecular weight excluding hydrogens is 342 g/mol. The maximum absolute atomic E-state index is 9.99. The van der Waals surface area contributed by atoms with Gasteiger partial charge in [0.2, 0.25) is 0 Å². The van der Waals surface area contributed by atoms with Gasteiger partial charge < -0.3 is 31.9 Å². The Kier molecular flexibility index (Phi) is 61.2. The van der Waals surface area contributed by atoms with Crippen LogP contribution in [0.2, 0.25) is 0 Å². The summed E-state index contributed by atoms with van der Waals surface area (Å²) in [4.78, 5) is 37.9. The van der Waals surface area contributed by atoms with Crippen LogP contribution in [0.3, 0.4) is 0 Å². The number of carbonyl (C=O) groups is 4. The minimum absolute atomic E-state index is 0. The quantitative estimate of drug-likeness (QED) is 0.304. The van der Waals surface area contributed by atoms with Crippen LogP contribution in [-0.4, -0.2) is 50.3 Å². The minimum Gasteiger partial charge on any atom is -1.00 e. The Bertz CT molecular complexity index is 299. The first-order chi connectivity index (χ1) is 8.00. The van der Waals surface area contributed by atoms with Gasteiger partial charge in [0.15, 0.2) is 0 Å². The standard InChI is InChI=1S/C5H9NO4.2C2H4O2.4Na.4H/c6-3(5(9)10)1-2-4(7)8;2*1-2(3)4;;;;;;;;/h3H,1-2,6H2,(H,7,8)(H,9,10);2*1H3,(H,3,4);;;;;;;;/q;;;4*+1;4*-1. The van der Waals surface area contributed by atoms with Gasteiger partial charge in [-0.1, -0.05) is 0 Å². The molecule has 0 heterocycles. The van der Waals surface area contributed by atoms with Gasteiger partial charge in [0, 0.05) is 20.3 Å². The van der Waals surface area contributed by atoms with Gasteiger partial charge in [-0.2, -0.15) is 0 Å². The Hall–Kier alpha value is 1.84. The number of hydrogen-bond acceptors (Lipinski definition) is 5. The van der Waals surface area contributed by atoms with Crippen molar-refractivity contribution in [1.29, 1.82) is 0 Å². The maximum atomic E-state index is 9.99. The van der Waals surface area contributed by atoms with E-state index in [9.17, 15) is 9.59 Å². The molecule has 0 aliphatic rings. The van der Waals surface area contributed by atoms with Crippen LogP contribution < -0.4 is 124 Å². The van der Waals surface area contributed by atoms with Crippen molar-refractivity contribution in [2.75, 3.05) is 0 Å². The zero-order chi connectivity index (χ0) is 15.3. The Morgan fingerprint density at radius 3 is 1.23 bits per heavy atom. The summed E-state index contributed by atoms with van der Waals surface area (Å²) in [6.45, 7) is 2.17. The molecule has 0 saturated heterocycles. The van der Waals surface area contributed by atoms with Crippen molar-refractivity contribution >= 4 is 23.9 Å². The molecule has 1 unspecified atom stereocenters. The van der Waals surface area contributed by atoms with Crippen molar-refractivity contribution in [2.24, 2.45) is 5.73 Å². The van der Waals surface area contributed by atoms with E-state index in [-0.39, 0.29) is 137 Å². The molecule has 0 saturated carbocycles. The van der Waals surface area contributed by atoms with Gasteiger partial charge in [0.05, 0.1) is 0 Å². The summed E-state index contributed by atoms with van der Waals surface area (Å²) in [5.74, 6) is -3.86. The SMILES string of the molecule is CC(=O)O.CC(=O)O.NC(CCC(=O)O)C(=O)O.[H-].[H-].[H-].[H-].[Na+].[Na+].[Na+].[Na+]. The average molecular weight is 363 g/mol. The summed E-state index contributed by atoms with van der Waals surface area (Å²) in [7, 11) is 0. The average Bonchev–Trinajstić information content (AvgIpc) is 2.11. The fourth-order valence-corrected chi connectivity index (χ4v) is 0.402. The van der Waals surface area contributed by atoms with E-state index >= 15 is 0 Å². The van der Waals surface area contributed by atoms with Crippen molar-refractivity contribution < 1.29 is 164 Å². The molecule has 22 heavy (non-hydrogen) atoms. The molecule has 6 N–H and O–H groups in total.